The number of para-hydroxylation sites is 1. The summed E-state index contributed by atoms with van der Waals surface area (Å²) in [6.07, 6.45) is 1.42. The smallest absolute Gasteiger partial charge is 0.0748 e. The minimum absolute atomic E-state index is 0.0779. The molecule has 94 valence electrons. The van der Waals surface area contributed by atoms with Crippen molar-refractivity contribution in [3.63, 3.8) is 0 Å². The van der Waals surface area contributed by atoms with E-state index in [9.17, 15) is 0 Å². The second kappa shape index (κ2) is 5.52. The predicted molar refractivity (Wildman–Crippen MR) is 71.3 cm³/mol. The molecule has 1 aromatic rings. The minimum atomic E-state index is 0.0779. The van der Waals surface area contributed by atoms with Crippen molar-refractivity contribution in [1.82, 2.24) is 0 Å². The predicted octanol–water partition coefficient (Wildman–Crippen LogP) is 2.32. The fraction of sp³-hybridized carbons (Fsp3) is 0.571. The highest BCUT2D eigenvalue weighted by Crippen LogP contribution is 2.26. The van der Waals surface area contributed by atoms with Gasteiger partial charge in [0.25, 0.3) is 0 Å². The van der Waals surface area contributed by atoms with Crippen molar-refractivity contribution in [2.45, 2.75) is 32.4 Å². The first-order chi connectivity index (χ1) is 8.22. The van der Waals surface area contributed by atoms with Gasteiger partial charge in [-0.05, 0) is 25.0 Å². The van der Waals surface area contributed by atoms with Crippen LogP contribution in [-0.2, 0) is 4.74 Å². The van der Waals surface area contributed by atoms with Gasteiger partial charge < -0.3 is 15.4 Å². The van der Waals surface area contributed by atoms with E-state index < -0.39 is 0 Å². The number of morpholine rings is 1. The number of anilines is 1. The standard InChI is InChI=1S/C14H22N2O/c1-3-12-10-16(8-9-17-12)14-7-5-4-6-13(14)11(2)15/h4-7,11-12H,3,8-10,15H2,1-2H3/t11-,12?/m1/s1. The van der Waals surface area contributed by atoms with Gasteiger partial charge in [-0.2, -0.15) is 0 Å². The Kier molecular flexibility index (Phi) is 4.02. The third kappa shape index (κ3) is 2.79. The molecular formula is C14H22N2O. The van der Waals surface area contributed by atoms with Gasteiger partial charge in [0, 0.05) is 24.8 Å². The Morgan fingerprint density at radius 2 is 2.24 bits per heavy atom. The largest absolute Gasteiger partial charge is 0.375 e. The highest BCUT2D eigenvalue weighted by atomic mass is 16.5. The monoisotopic (exact) mass is 234 g/mol. The van der Waals surface area contributed by atoms with Gasteiger partial charge in [0.15, 0.2) is 0 Å². The maximum atomic E-state index is 6.03. The van der Waals surface area contributed by atoms with Crippen LogP contribution in [0.25, 0.3) is 0 Å². The SMILES string of the molecule is CCC1CN(c2ccccc2[C@@H](C)N)CCO1. The second-order valence-corrected chi connectivity index (χ2v) is 4.69. The average molecular weight is 234 g/mol. The Hall–Kier alpha value is -1.06. The van der Waals surface area contributed by atoms with E-state index in [1.807, 2.05) is 6.92 Å². The van der Waals surface area contributed by atoms with Crippen LogP contribution < -0.4 is 10.6 Å². The van der Waals surface area contributed by atoms with Crippen molar-refractivity contribution in [2.24, 2.45) is 5.73 Å². The highest BCUT2D eigenvalue weighted by Gasteiger charge is 2.21. The van der Waals surface area contributed by atoms with Crippen LogP contribution in [0, 0.1) is 0 Å². The zero-order valence-corrected chi connectivity index (χ0v) is 10.7. The van der Waals surface area contributed by atoms with E-state index in [1.165, 1.54) is 11.3 Å². The van der Waals surface area contributed by atoms with Gasteiger partial charge in [-0.3, -0.25) is 0 Å². The van der Waals surface area contributed by atoms with E-state index in [2.05, 4.69) is 36.1 Å². The lowest BCUT2D eigenvalue weighted by molar-refractivity contribution is 0.0383. The molecule has 3 heteroatoms. The van der Waals surface area contributed by atoms with E-state index in [1.54, 1.807) is 0 Å². The summed E-state index contributed by atoms with van der Waals surface area (Å²) in [6, 6.07) is 8.50. The molecule has 1 aliphatic rings. The second-order valence-electron chi connectivity index (χ2n) is 4.69. The normalized spacial score (nSPS) is 22.5. The lowest BCUT2D eigenvalue weighted by Gasteiger charge is -2.35. The van der Waals surface area contributed by atoms with Crippen LogP contribution >= 0.6 is 0 Å². The number of nitrogens with zero attached hydrogens (tertiary/aromatic N) is 1. The quantitative estimate of drug-likeness (QED) is 0.872. The van der Waals surface area contributed by atoms with Crippen molar-refractivity contribution < 1.29 is 4.74 Å². The molecule has 2 atom stereocenters. The van der Waals surface area contributed by atoms with Gasteiger partial charge in [-0.1, -0.05) is 25.1 Å². The molecule has 1 heterocycles. The summed E-state index contributed by atoms with van der Waals surface area (Å²) in [5, 5.41) is 0. The third-order valence-electron chi connectivity index (χ3n) is 3.36. The molecule has 2 rings (SSSR count). The number of ether oxygens (including phenoxy) is 1. The van der Waals surface area contributed by atoms with Crippen LogP contribution in [0.2, 0.25) is 0 Å². The van der Waals surface area contributed by atoms with Crippen LogP contribution in [0.1, 0.15) is 31.9 Å². The van der Waals surface area contributed by atoms with E-state index in [4.69, 9.17) is 10.5 Å². The van der Waals surface area contributed by atoms with Crippen molar-refractivity contribution >= 4 is 5.69 Å². The molecule has 1 aromatic carbocycles. The van der Waals surface area contributed by atoms with Crippen molar-refractivity contribution in [2.75, 3.05) is 24.6 Å². The summed E-state index contributed by atoms with van der Waals surface area (Å²) < 4.78 is 5.71. The molecule has 0 saturated carbocycles. The third-order valence-corrected chi connectivity index (χ3v) is 3.36. The topological polar surface area (TPSA) is 38.5 Å². The molecule has 2 N–H and O–H groups in total. The Labute approximate surface area is 104 Å². The van der Waals surface area contributed by atoms with Gasteiger partial charge in [0.1, 0.15) is 0 Å². The zero-order valence-electron chi connectivity index (χ0n) is 10.7. The molecule has 1 fully saturated rings. The van der Waals surface area contributed by atoms with E-state index in [-0.39, 0.29) is 6.04 Å². The molecule has 0 bridgehead atoms. The molecule has 1 unspecified atom stereocenters. The summed E-state index contributed by atoms with van der Waals surface area (Å²) in [7, 11) is 0. The van der Waals surface area contributed by atoms with Crippen molar-refractivity contribution in [3.05, 3.63) is 29.8 Å². The molecule has 0 radical (unpaired) electrons. The summed E-state index contributed by atoms with van der Waals surface area (Å²) in [4.78, 5) is 2.40. The zero-order chi connectivity index (χ0) is 12.3. The number of benzene rings is 1. The van der Waals surface area contributed by atoms with Crippen molar-refractivity contribution in [1.29, 1.82) is 0 Å². The summed E-state index contributed by atoms with van der Waals surface area (Å²) in [6.45, 7) is 6.95. The Morgan fingerprint density at radius 1 is 1.47 bits per heavy atom. The number of hydrogen-bond acceptors (Lipinski definition) is 3. The highest BCUT2D eigenvalue weighted by molar-refractivity contribution is 5.55. The fourth-order valence-electron chi connectivity index (χ4n) is 2.35. The van der Waals surface area contributed by atoms with E-state index in [0.717, 1.165) is 26.1 Å². The molecule has 1 saturated heterocycles. The fourth-order valence-corrected chi connectivity index (χ4v) is 2.35. The molecule has 0 aliphatic carbocycles. The lowest BCUT2D eigenvalue weighted by atomic mass is 10.0. The van der Waals surface area contributed by atoms with Gasteiger partial charge in [0.05, 0.1) is 12.7 Å². The van der Waals surface area contributed by atoms with Crippen molar-refractivity contribution in [3.8, 4) is 0 Å². The molecule has 0 amide bonds. The van der Waals surface area contributed by atoms with E-state index in [0.29, 0.717) is 6.10 Å². The number of nitrogens with two attached hydrogens (primary N) is 1. The van der Waals surface area contributed by atoms with Gasteiger partial charge in [-0.25, -0.2) is 0 Å². The molecule has 0 aromatic heterocycles. The molecule has 0 spiro atoms. The number of hydrogen-bond donors (Lipinski definition) is 1. The molecule has 1 aliphatic heterocycles. The number of rotatable bonds is 3. The Balaban J connectivity index is 2.21. The Morgan fingerprint density at radius 3 is 2.94 bits per heavy atom. The van der Waals surface area contributed by atoms with Crippen LogP contribution in [0.4, 0.5) is 5.69 Å². The minimum Gasteiger partial charge on any atom is -0.375 e. The average Bonchev–Trinajstić information content (AvgIpc) is 2.39. The first kappa shape index (κ1) is 12.4. The van der Waals surface area contributed by atoms with Crippen LogP contribution in [0.5, 0.6) is 0 Å². The van der Waals surface area contributed by atoms with Gasteiger partial charge >= 0.3 is 0 Å². The lowest BCUT2D eigenvalue weighted by Crippen LogP contribution is -2.42. The van der Waals surface area contributed by atoms with Crippen LogP contribution in [0.15, 0.2) is 24.3 Å². The van der Waals surface area contributed by atoms with E-state index >= 15 is 0 Å². The summed E-state index contributed by atoms with van der Waals surface area (Å²) >= 11 is 0. The van der Waals surface area contributed by atoms with Gasteiger partial charge in [0.2, 0.25) is 0 Å². The molecule has 17 heavy (non-hydrogen) atoms. The molecule has 3 nitrogen and oxygen atoms in total. The van der Waals surface area contributed by atoms with Crippen LogP contribution in [-0.4, -0.2) is 25.8 Å². The summed E-state index contributed by atoms with van der Waals surface area (Å²) in [5.41, 5.74) is 8.52. The summed E-state index contributed by atoms with van der Waals surface area (Å²) in [5.74, 6) is 0. The Bertz CT molecular complexity index is 365. The maximum absolute atomic E-state index is 6.03. The van der Waals surface area contributed by atoms with Crippen LogP contribution in [0.3, 0.4) is 0 Å². The first-order valence-electron chi connectivity index (χ1n) is 6.43. The maximum Gasteiger partial charge on any atom is 0.0748 e. The first-order valence-corrected chi connectivity index (χ1v) is 6.43. The molecular weight excluding hydrogens is 212 g/mol. The van der Waals surface area contributed by atoms with Gasteiger partial charge in [-0.15, -0.1) is 0 Å².